The van der Waals surface area contributed by atoms with E-state index in [2.05, 4.69) is 15.3 Å². The number of amides is 1. The molecule has 2 aromatic heterocycles. The molecule has 0 aliphatic rings. The number of aromatic nitrogens is 3. The third-order valence-corrected chi connectivity index (χ3v) is 4.58. The maximum Gasteiger partial charge on any atom is 0.234 e. The Bertz CT molecular complexity index is 891. The average molecular weight is 342 g/mol. The number of anilines is 1. The number of hydrogen-bond donors (Lipinski definition) is 1. The van der Waals surface area contributed by atoms with Crippen LogP contribution in [-0.4, -0.2) is 33.3 Å². The zero-order chi connectivity index (χ0) is 17.1. The summed E-state index contributed by atoms with van der Waals surface area (Å²) in [5.74, 6) is 0.795. The Morgan fingerprint density at radius 2 is 2.21 bits per heavy atom. The molecule has 0 aliphatic heterocycles. The molecule has 6 nitrogen and oxygen atoms in total. The number of methoxy groups -OCH3 is 1. The molecular formula is C17H18N4O2S. The lowest BCUT2D eigenvalue weighted by atomic mass is 10.2. The van der Waals surface area contributed by atoms with Gasteiger partial charge in [0.15, 0.2) is 10.8 Å². The second-order valence-electron chi connectivity index (χ2n) is 5.34. The number of nitrogens with one attached hydrogen (secondary N) is 1. The SMILES string of the molecule is COc1ccc(C)cc1NC(=O)CSc1nc2cccnc2n1C. The predicted octanol–water partition coefficient (Wildman–Crippen LogP) is 3.02. The maximum atomic E-state index is 12.3. The van der Waals surface area contributed by atoms with Crippen LogP contribution in [0.5, 0.6) is 5.75 Å². The van der Waals surface area contributed by atoms with Crippen LogP contribution in [0, 0.1) is 6.92 Å². The van der Waals surface area contributed by atoms with Crippen molar-refractivity contribution in [1.29, 1.82) is 0 Å². The Balaban J connectivity index is 1.69. The highest BCUT2D eigenvalue weighted by atomic mass is 32.2. The highest BCUT2D eigenvalue weighted by molar-refractivity contribution is 7.99. The maximum absolute atomic E-state index is 12.3. The van der Waals surface area contributed by atoms with Crippen LogP contribution >= 0.6 is 11.8 Å². The first-order valence-corrected chi connectivity index (χ1v) is 8.42. The van der Waals surface area contributed by atoms with Gasteiger partial charge in [-0.1, -0.05) is 17.8 Å². The minimum Gasteiger partial charge on any atom is -0.495 e. The second kappa shape index (κ2) is 6.92. The number of carbonyl (C=O) groups excluding carboxylic acids is 1. The van der Waals surface area contributed by atoms with E-state index >= 15 is 0 Å². The summed E-state index contributed by atoms with van der Waals surface area (Å²) in [5.41, 5.74) is 3.36. The lowest BCUT2D eigenvalue weighted by Crippen LogP contribution is -2.15. The van der Waals surface area contributed by atoms with Crippen molar-refractivity contribution in [2.45, 2.75) is 12.1 Å². The minimum absolute atomic E-state index is 0.107. The molecule has 1 N–H and O–H groups in total. The van der Waals surface area contributed by atoms with Gasteiger partial charge < -0.3 is 14.6 Å². The van der Waals surface area contributed by atoms with E-state index in [1.165, 1.54) is 11.8 Å². The largest absolute Gasteiger partial charge is 0.495 e. The summed E-state index contributed by atoms with van der Waals surface area (Å²) < 4.78 is 7.17. The average Bonchev–Trinajstić information content (AvgIpc) is 2.90. The van der Waals surface area contributed by atoms with E-state index in [1.54, 1.807) is 13.3 Å². The van der Waals surface area contributed by atoms with Gasteiger partial charge in [-0.05, 0) is 36.8 Å². The number of fused-ring (bicyclic) bond motifs is 1. The van der Waals surface area contributed by atoms with Crippen molar-refractivity contribution in [2.75, 3.05) is 18.2 Å². The molecule has 0 saturated carbocycles. The molecule has 0 atom stereocenters. The molecule has 1 amide bonds. The van der Waals surface area contributed by atoms with Gasteiger partial charge in [-0.15, -0.1) is 0 Å². The molecule has 0 saturated heterocycles. The number of hydrogen-bond acceptors (Lipinski definition) is 5. The first-order chi connectivity index (χ1) is 11.6. The monoisotopic (exact) mass is 342 g/mol. The summed E-state index contributed by atoms with van der Waals surface area (Å²) in [4.78, 5) is 21.0. The van der Waals surface area contributed by atoms with Crippen LogP contribution in [-0.2, 0) is 11.8 Å². The van der Waals surface area contributed by atoms with E-state index in [-0.39, 0.29) is 11.7 Å². The molecule has 0 fully saturated rings. The molecule has 0 aliphatic carbocycles. The number of nitrogens with zero attached hydrogens (tertiary/aromatic N) is 3. The normalized spacial score (nSPS) is 10.8. The number of benzene rings is 1. The summed E-state index contributed by atoms with van der Waals surface area (Å²) in [5, 5.41) is 3.65. The number of pyridine rings is 1. The predicted molar refractivity (Wildman–Crippen MR) is 95.6 cm³/mol. The molecule has 0 bridgehead atoms. The topological polar surface area (TPSA) is 69.0 Å². The molecular weight excluding hydrogens is 324 g/mol. The van der Waals surface area contributed by atoms with E-state index in [4.69, 9.17) is 4.74 Å². The number of aryl methyl sites for hydroxylation is 2. The number of imidazole rings is 1. The van der Waals surface area contributed by atoms with Crippen LogP contribution in [0.25, 0.3) is 11.2 Å². The summed E-state index contributed by atoms with van der Waals surface area (Å²) in [6.07, 6.45) is 1.73. The minimum atomic E-state index is -0.107. The van der Waals surface area contributed by atoms with Crippen molar-refractivity contribution in [3.63, 3.8) is 0 Å². The molecule has 2 heterocycles. The first-order valence-electron chi connectivity index (χ1n) is 7.43. The Kier molecular flexibility index (Phi) is 4.71. The van der Waals surface area contributed by atoms with Gasteiger partial charge in [-0.3, -0.25) is 4.79 Å². The molecule has 0 spiro atoms. The molecule has 24 heavy (non-hydrogen) atoms. The molecule has 124 valence electrons. The summed E-state index contributed by atoms with van der Waals surface area (Å²) in [6, 6.07) is 9.43. The van der Waals surface area contributed by atoms with E-state index in [9.17, 15) is 4.79 Å². The first kappa shape index (κ1) is 16.3. The highest BCUT2D eigenvalue weighted by Crippen LogP contribution is 2.26. The Labute approximate surface area is 144 Å². The Morgan fingerprint density at radius 1 is 1.38 bits per heavy atom. The highest BCUT2D eigenvalue weighted by Gasteiger charge is 2.12. The molecule has 0 radical (unpaired) electrons. The number of rotatable bonds is 5. The molecule has 7 heteroatoms. The summed E-state index contributed by atoms with van der Waals surface area (Å²) >= 11 is 1.38. The van der Waals surface area contributed by atoms with Gasteiger partial charge >= 0.3 is 0 Å². The van der Waals surface area contributed by atoms with Crippen LogP contribution in [0.3, 0.4) is 0 Å². The van der Waals surface area contributed by atoms with E-state index in [0.29, 0.717) is 11.4 Å². The van der Waals surface area contributed by atoms with Gasteiger partial charge in [0.1, 0.15) is 11.3 Å². The number of carbonyl (C=O) groups is 1. The fourth-order valence-corrected chi connectivity index (χ4v) is 3.14. The van der Waals surface area contributed by atoms with Crippen LogP contribution in [0.15, 0.2) is 41.7 Å². The lowest BCUT2D eigenvalue weighted by molar-refractivity contribution is -0.113. The Hall–Kier alpha value is -2.54. The van der Waals surface area contributed by atoms with Crippen molar-refractivity contribution >= 4 is 34.5 Å². The van der Waals surface area contributed by atoms with Crippen molar-refractivity contribution < 1.29 is 9.53 Å². The van der Waals surface area contributed by atoms with E-state index < -0.39 is 0 Å². The van der Waals surface area contributed by atoms with Crippen LogP contribution in [0.2, 0.25) is 0 Å². The second-order valence-corrected chi connectivity index (χ2v) is 6.28. The molecule has 3 rings (SSSR count). The molecule has 3 aromatic rings. The summed E-state index contributed by atoms with van der Waals surface area (Å²) in [7, 11) is 3.48. The molecule has 1 aromatic carbocycles. The summed E-state index contributed by atoms with van der Waals surface area (Å²) in [6.45, 7) is 1.97. The van der Waals surface area contributed by atoms with Crippen molar-refractivity contribution in [3.05, 3.63) is 42.1 Å². The van der Waals surface area contributed by atoms with Gasteiger partial charge in [0.25, 0.3) is 0 Å². The smallest absolute Gasteiger partial charge is 0.234 e. The van der Waals surface area contributed by atoms with Crippen LogP contribution in [0.1, 0.15) is 5.56 Å². The van der Waals surface area contributed by atoms with Crippen LogP contribution < -0.4 is 10.1 Å². The fourth-order valence-electron chi connectivity index (χ4n) is 2.37. The zero-order valence-corrected chi connectivity index (χ0v) is 14.6. The van der Waals surface area contributed by atoms with Crippen LogP contribution in [0.4, 0.5) is 5.69 Å². The van der Waals surface area contributed by atoms with E-state index in [1.807, 2.05) is 48.9 Å². The fraction of sp³-hybridized carbons (Fsp3) is 0.235. The number of thioether (sulfide) groups is 1. The van der Waals surface area contributed by atoms with Gasteiger partial charge in [0.2, 0.25) is 5.91 Å². The lowest BCUT2D eigenvalue weighted by Gasteiger charge is -2.10. The third-order valence-electron chi connectivity index (χ3n) is 3.55. The van der Waals surface area contributed by atoms with E-state index in [0.717, 1.165) is 21.9 Å². The quantitative estimate of drug-likeness (QED) is 0.722. The van der Waals surface area contributed by atoms with Gasteiger partial charge in [0.05, 0.1) is 18.6 Å². The van der Waals surface area contributed by atoms with Crippen molar-refractivity contribution in [3.8, 4) is 5.75 Å². The van der Waals surface area contributed by atoms with Gasteiger partial charge in [-0.2, -0.15) is 0 Å². The number of ether oxygens (including phenoxy) is 1. The van der Waals surface area contributed by atoms with Crippen molar-refractivity contribution in [1.82, 2.24) is 14.5 Å². The molecule has 0 unspecified atom stereocenters. The zero-order valence-electron chi connectivity index (χ0n) is 13.7. The van der Waals surface area contributed by atoms with Gasteiger partial charge in [0, 0.05) is 13.2 Å². The van der Waals surface area contributed by atoms with Gasteiger partial charge in [-0.25, -0.2) is 9.97 Å². The van der Waals surface area contributed by atoms with Crippen molar-refractivity contribution in [2.24, 2.45) is 7.05 Å². The third kappa shape index (κ3) is 3.35. The standard InChI is InChI=1S/C17H18N4O2S/c1-11-6-7-14(23-3)13(9-11)19-15(22)10-24-17-20-12-5-4-8-18-16(12)21(17)2/h4-9H,10H2,1-3H3,(H,19,22). The Morgan fingerprint density at radius 3 is 2.96 bits per heavy atom.